The van der Waals surface area contributed by atoms with E-state index in [1.54, 1.807) is 41.5 Å². The number of hydrogen-bond donors (Lipinski definition) is 0. The summed E-state index contributed by atoms with van der Waals surface area (Å²) >= 11 is 0. The number of anilines is 1. The van der Waals surface area contributed by atoms with E-state index in [-0.39, 0.29) is 11.4 Å². The van der Waals surface area contributed by atoms with Gasteiger partial charge < -0.3 is 14.2 Å². The van der Waals surface area contributed by atoms with E-state index in [0.29, 0.717) is 4.90 Å². The summed E-state index contributed by atoms with van der Waals surface area (Å²) in [6.45, 7) is 13.2. The fraction of sp³-hybridized carbons (Fsp3) is 0.529. The minimum atomic E-state index is -2.90. The van der Waals surface area contributed by atoms with E-state index in [2.05, 4.69) is 16.8 Å². The van der Waals surface area contributed by atoms with Gasteiger partial charge in [-0.05, 0) is 53.7 Å². The van der Waals surface area contributed by atoms with Crippen LogP contribution in [0.15, 0.2) is 12.6 Å². The smallest absolute Gasteiger partial charge is 0.424 e. The molecule has 0 spiro atoms. The number of carbonyl (C=O) groups is 2. The first-order chi connectivity index (χ1) is 12.5. The molecule has 1 heterocycles. The first kappa shape index (κ1) is 15.9. The maximum absolute atomic E-state index is 12.7. The number of amides is 2. The van der Waals surface area contributed by atoms with Crippen LogP contribution < -0.4 is 9.64 Å². The Kier molecular flexibility index (Phi) is 4.76. The number of hydrogen-bond acceptors (Lipinski definition) is 7. The standard InChI is InChI=1S/C17H25N3O5/c1-9-11-10-12(13(23-8)19-18-11)20(14(21)24-16(2,3)4)15(22)25-17(5,6)7/h9-10H,1H2,2-8H3/i8D3. The van der Waals surface area contributed by atoms with Crippen molar-refractivity contribution in [3.63, 3.8) is 0 Å². The Morgan fingerprint density at radius 2 is 1.64 bits per heavy atom. The van der Waals surface area contributed by atoms with Crippen LogP contribution in [0.1, 0.15) is 51.3 Å². The predicted octanol–water partition coefficient (Wildman–Crippen LogP) is 3.80. The monoisotopic (exact) mass is 354 g/mol. The molecule has 0 aliphatic heterocycles. The van der Waals surface area contributed by atoms with Gasteiger partial charge in [0.2, 0.25) is 0 Å². The number of methoxy groups -OCH3 is 1. The van der Waals surface area contributed by atoms with Crippen molar-refractivity contribution in [1.29, 1.82) is 0 Å². The molecule has 0 N–H and O–H groups in total. The van der Waals surface area contributed by atoms with Gasteiger partial charge in [0.25, 0.3) is 5.88 Å². The van der Waals surface area contributed by atoms with Gasteiger partial charge in [0.15, 0.2) is 0 Å². The van der Waals surface area contributed by atoms with Crippen LogP contribution in [0.2, 0.25) is 0 Å². The van der Waals surface area contributed by atoms with Crippen LogP contribution in [0, 0.1) is 0 Å². The van der Waals surface area contributed by atoms with Crippen LogP contribution in [0.3, 0.4) is 0 Å². The molecule has 0 aromatic carbocycles. The average molecular weight is 354 g/mol. The Morgan fingerprint density at radius 3 is 2.04 bits per heavy atom. The summed E-state index contributed by atoms with van der Waals surface area (Å²) in [5.74, 6) is -0.567. The zero-order valence-corrected chi connectivity index (χ0v) is 15.2. The highest BCUT2D eigenvalue weighted by atomic mass is 16.6. The molecule has 25 heavy (non-hydrogen) atoms. The molecular weight excluding hydrogens is 326 g/mol. The number of imide groups is 1. The molecule has 1 aromatic rings. The van der Waals surface area contributed by atoms with Crippen LogP contribution >= 0.6 is 0 Å². The molecule has 0 saturated carbocycles. The fourth-order valence-electron chi connectivity index (χ4n) is 1.60. The third kappa shape index (κ3) is 6.06. The van der Waals surface area contributed by atoms with Crippen molar-refractivity contribution in [2.45, 2.75) is 52.7 Å². The zero-order valence-electron chi connectivity index (χ0n) is 18.2. The molecule has 8 nitrogen and oxygen atoms in total. The molecule has 8 heteroatoms. The lowest BCUT2D eigenvalue weighted by Crippen LogP contribution is -2.44. The zero-order chi connectivity index (χ0) is 21.9. The molecule has 0 bridgehead atoms. The van der Waals surface area contributed by atoms with Crippen molar-refractivity contribution in [2.75, 3.05) is 11.9 Å². The Hall–Kier alpha value is -2.64. The second kappa shape index (κ2) is 7.50. The normalized spacial score (nSPS) is 13.8. The van der Waals surface area contributed by atoms with Gasteiger partial charge in [0, 0.05) is 0 Å². The van der Waals surface area contributed by atoms with Crippen molar-refractivity contribution in [3.8, 4) is 5.88 Å². The molecule has 0 atom stereocenters. The highest BCUT2D eigenvalue weighted by Crippen LogP contribution is 2.29. The molecule has 0 aliphatic rings. The predicted molar refractivity (Wildman–Crippen MR) is 93.6 cm³/mol. The van der Waals surface area contributed by atoms with Crippen LogP contribution in [0.25, 0.3) is 6.08 Å². The summed E-state index contributed by atoms with van der Waals surface area (Å²) in [5.41, 5.74) is -2.01. The average Bonchev–Trinajstić information content (AvgIpc) is 2.43. The maximum atomic E-state index is 12.7. The van der Waals surface area contributed by atoms with E-state index < -0.39 is 36.3 Å². The summed E-state index contributed by atoms with van der Waals surface area (Å²) < 4.78 is 37.2. The van der Waals surface area contributed by atoms with E-state index in [4.69, 9.17) is 18.3 Å². The van der Waals surface area contributed by atoms with Gasteiger partial charge >= 0.3 is 12.2 Å². The first-order valence-corrected chi connectivity index (χ1v) is 7.48. The highest BCUT2D eigenvalue weighted by Gasteiger charge is 2.35. The molecule has 2 amide bonds. The van der Waals surface area contributed by atoms with Crippen LogP contribution in [-0.2, 0) is 9.47 Å². The lowest BCUT2D eigenvalue weighted by atomic mass is 10.2. The van der Waals surface area contributed by atoms with E-state index in [1.807, 2.05) is 0 Å². The summed E-state index contributed by atoms with van der Waals surface area (Å²) in [7, 11) is -2.90. The third-order valence-electron chi connectivity index (χ3n) is 2.46. The second-order valence-electron chi connectivity index (χ2n) is 7.06. The Morgan fingerprint density at radius 1 is 1.12 bits per heavy atom. The Bertz CT molecular complexity index is 724. The molecular formula is C17H25N3O5. The minimum absolute atomic E-state index is 0.171. The van der Waals surface area contributed by atoms with Crippen molar-refractivity contribution in [1.82, 2.24) is 10.2 Å². The van der Waals surface area contributed by atoms with Crippen molar-refractivity contribution in [3.05, 3.63) is 18.3 Å². The highest BCUT2D eigenvalue weighted by molar-refractivity contribution is 6.10. The maximum Gasteiger partial charge on any atom is 0.424 e. The summed E-state index contributed by atoms with van der Waals surface area (Å²) in [6.07, 6.45) is -0.891. The molecule has 0 aliphatic carbocycles. The quantitative estimate of drug-likeness (QED) is 0.815. The third-order valence-corrected chi connectivity index (χ3v) is 2.46. The molecule has 0 saturated heterocycles. The summed E-state index contributed by atoms with van der Waals surface area (Å²) in [6, 6.07) is 1.22. The number of nitrogens with zero attached hydrogens (tertiary/aromatic N) is 3. The molecule has 0 unspecified atom stereocenters. The van der Waals surface area contributed by atoms with Gasteiger partial charge in [-0.15, -0.1) is 10.2 Å². The number of carbonyl (C=O) groups excluding carboxylic acids is 2. The topological polar surface area (TPSA) is 90.9 Å². The van der Waals surface area contributed by atoms with Crippen LogP contribution in [-0.4, -0.2) is 40.6 Å². The Labute approximate surface area is 152 Å². The molecule has 1 rings (SSSR count). The SMILES string of the molecule is [2H]C([2H])([2H])Oc1nnc(C=C)cc1N(C(=O)OC(C)(C)C)C(=O)OC(C)(C)C. The molecule has 0 radical (unpaired) electrons. The van der Waals surface area contributed by atoms with Crippen LogP contribution in [0.5, 0.6) is 5.88 Å². The Balaban J connectivity index is 3.56. The van der Waals surface area contributed by atoms with Crippen molar-refractivity contribution < 1.29 is 27.9 Å². The van der Waals surface area contributed by atoms with Gasteiger partial charge in [0.1, 0.15) is 16.9 Å². The number of ether oxygens (including phenoxy) is 3. The molecule has 1 aromatic heterocycles. The first-order valence-electron chi connectivity index (χ1n) is 8.98. The lowest BCUT2D eigenvalue weighted by molar-refractivity contribution is 0.0429. The molecule has 0 fully saturated rings. The number of aromatic nitrogens is 2. The van der Waals surface area contributed by atoms with Gasteiger partial charge in [0.05, 0.1) is 16.8 Å². The van der Waals surface area contributed by atoms with Crippen molar-refractivity contribution in [2.24, 2.45) is 0 Å². The lowest BCUT2D eigenvalue weighted by Gasteiger charge is -2.28. The van der Waals surface area contributed by atoms with Gasteiger partial charge in [-0.2, -0.15) is 4.90 Å². The van der Waals surface area contributed by atoms with Crippen LogP contribution in [0.4, 0.5) is 15.3 Å². The molecule has 138 valence electrons. The van der Waals surface area contributed by atoms with Gasteiger partial charge in [-0.3, -0.25) is 0 Å². The van der Waals surface area contributed by atoms with E-state index in [1.165, 1.54) is 12.1 Å². The minimum Gasteiger partial charge on any atom is -0.478 e. The van der Waals surface area contributed by atoms with Crippen molar-refractivity contribution >= 4 is 23.9 Å². The summed E-state index contributed by atoms with van der Waals surface area (Å²) in [5, 5.41) is 7.37. The summed E-state index contributed by atoms with van der Waals surface area (Å²) in [4.78, 5) is 26.0. The van der Waals surface area contributed by atoms with Gasteiger partial charge in [-0.1, -0.05) is 6.58 Å². The van der Waals surface area contributed by atoms with E-state index in [0.717, 1.165) is 0 Å². The second-order valence-corrected chi connectivity index (χ2v) is 7.06. The fourth-order valence-corrected chi connectivity index (χ4v) is 1.60. The largest absolute Gasteiger partial charge is 0.478 e. The van der Waals surface area contributed by atoms with E-state index >= 15 is 0 Å². The number of rotatable bonds is 3. The van der Waals surface area contributed by atoms with Gasteiger partial charge in [-0.25, -0.2) is 9.59 Å². The van der Waals surface area contributed by atoms with E-state index in [9.17, 15) is 9.59 Å².